The highest BCUT2D eigenvalue weighted by molar-refractivity contribution is 6.00. The number of aryl methyl sites for hydroxylation is 1. The highest BCUT2D eigenvalue weighted by Crippen LogP contribution is 2.45. The number of esters is 1. The van der Waals surface area contributed by atoms with Gasteiger partial charge in [-0.1, -0.05) is 70.1 Å². The molecule has 0 radical (unpaired) electrons. The van der Waals surface area contributed by atoms with E-state index in [0.717, 1.165) is 17.0 Å². The van der Waals surface area contributed by atoms with Crippen LogP contribution in [0.4, 0.5) is 4.79 Å². The maximum absolute atomic E-state index is 14.8. The third kappa shape index (κ3) is 9.62. The Morgan fingerprint density at radius 2 is 1.68 bits per heavy atom. The number of nitrogens with zero attached hydrogens (tertiary/aromatic N) is 3. The predicted molar refractivity (Wildman–Crippen MR) is 219 cm³/mol. The van der Waals surface area contributed by atoms with E-state index < -0.39 is 83.4 Å². The number of aliphatic hydroxyl groups is 1. The molecule has 4 heterocycles. The Balaban J connectivity index is 1.46. The highest BCUT2D eigenvalue weighted by Gasteiger charge is 2.62. The predicted octanol–water partition coefficient (Wildman–Crippen LogP) is 6.26. The number of carbonyl (C=O) groups excluding carboxylic acids is 4. The van der Waals surface area contributed by atoms with Gasteiger partial charge in [0.05, 0.1) is 23.9 Å². The smallest absolute Gasteiger partial charge is 0.410 e. The Morgan fingerprint density at radius 1 is 0.983 bits per heavy atom. The molecule has 3 saturated heterocycles. The van der Waals surface area contributed by atoms with E-state index in [9.17, 15) is 24.3 Å². The van der Waals surface area contributed by atoms with E-state index in [1.165, 1.54) is 14.0 Å². The second-order valence-corrected chi connectivity index (χ2v) is 17.5. The molecule has 3 aliphatic rings. The molecule has 328 valence electrons. The molecular weight excluding hydrogens is 759 g/mol. The van der Waals surface area contributed by atoms with E-state index in [-0.39, 0.29) is 43.7 Å². The maximum Gasteiger partial charge on any atom is 0.410 e. The summed E-state index contributed by atoms with van der Waals surface area (Å²) in [5.74, 6) is -4.22. The number of hydrogen-bond donors (Lipinski definition) is 1. The molecule has 0 saturated carbocycles. The maximum atomic E-state index is 14.8. The van der Waals surface area contributed by atoms with Crippen LogP contribution in [-0.4, -0.2) is 125 Å². The number of Topliss-reactive ketones (excluding diaryl/α,β-unsaturated/α-hetero) is 2. The van der Waals surface area contributed by atoms with Crippen LogP contribution in [0.5, 0.6) is 0 Å². The Morgan fingerprint density at radius 3 is 2.31 bits per heavy atom. The number of ketones is 2. The van der Waals surface area contributed by atoms with Gasteiger partial charge in [-0.3, -0.25) is 14.4 Å². The molecule has 1 unspecified atom stereocenters. The van der Waals surface area contributed by atoms with Gasteiger partial charge in [0.25, 0.3) is 0 Å². The number of cyclic esters (lactones) is 1. The lowest BCUT2D eigenvalue weighted by molar-refractivity contribution is -0.295. The number of amides is 1. The molecule has 0 bridgehead atoms. The third-order valence-corrected chi connectivity index (χ3v) is 13.2. The lowest BCUT2D eigenvalue weighted by Gasteiger charge is -2.47. The zero-order valence-electron chi connectivity index (χ0n) is 36.8. The lowest BCUT2D eigenvalue weighted by atomic mass is 9.72. The first-order chi connectivity index (χ1) is 27.9. The summed E-state index contributed by atoms with van der Waals surface area (Å²) in [5.41, 5.74) is -0.934. The van der Waals surface area contributed by atoms with Crippen LogP contribution in [0.3, 0.4) is 0 Å². The number of ether oxygens (including phenoxy) is 5. The van der Waals surface area contributed by atoms with E-state index in [1.807, 2.05) is 90.0 Å². The van der Waals surface area contributed by atoms with Crippen molar-refractivity contribution in [2.24, 2.45) is 23.7 Å². The van der Waals surface area contributed by atoms with Crippen LogP contribution < -0.4 is 0 Å². The Kier molecular flexibility index (Phi) is 15.2. The molecule has 1 amide bonds. The zero-order chi connectivity index (χ0) is 43.4. The summed E-state index contributed by atoms with van der Waals surface area (Å²) in [6.45, 7) is 14.5. The molecule has 1 aromatic carbocycles. The SMILES string of the molecule is CC[C@H]1OC(=O)[C@H](C)C(=O)[C@H](C)[C@@H](OC2O[C@H](C)C[C@H](N(C)C)[C@H]2O)[C@@](C)(OC)C[C@@H](C)C(=O)[C@H](C)[C@H]2N(CCCCc3cc(-c4ccccc4)no3)C(=O)O[C@]12CC. The molecule has 0 aliphatic carbocycles. The topological polar surface area (TPSA) is 167 Å². The molecule has 3 aliphatic heterocycles. The Labute approximate surface area is 349 Å². The molecule has 14 heteroatoms. The van der Waals surface area contributed by atoms with Crippen molar-refractivity contribution in [2.75, 3.05) is 27.7 Å². The number of methoxy groups -OCH3 is 1. The zero-order valence-corrected chi connectivity index (χ0v) is 36.8. The van der Waals surface area contributed by atoms with E-state index in [0.29, 0.717) is 25.7 Å². The number of likely N-dealkylation sites (N-methyl/N-ethyl adjacent to an activating group) is 1. The lowest BCUT2D eigenvalue weighted by Crippen LogP contribution is -2.61. The van der Waals surface area contributed by atoms with Gasteiger partial charge in [-0.2, -0.15) is 0 Å². The molecule has 2 aromatic rings. The van der Waals surface area contributed by atoms with Crippen LogP contribution in [0.15, 0.2) is 40.9 Å². The largest absolute Gasteiger partial charge is 0.457 e. The second kappa shape index (κ2) is 19.4. The number of aromatic nitrogens is 1. The van der Waals surface area contributed by atoms with Crippen molar-refractivity contribution >= 4 is 23.6 Å². The normalized spacial score (nSPS) is 36.3. The summed E-state index contributed by atoms with van der Waals surface area (Å²) < 4.78 is 37.1. The first kappa shape index (κ1) is 46.4. The molecule has 5 rings (SSSR count). The van der Waals surface area contributed by atoms with Crippen LogP contribution in [0, 0.1) is 23.7 Å². The fraction of sp³-hybridized carbons (Fsp3) is 0.711. The van der Waals surface area contributed by atoms with Gasteiger partial charge < -0.3 is 43.1 Å². The van der Waals surface area contributed by atoms with Gasteiger partial charge in [0.1, 0.15) is 35.4 Å². The number of fused-ring (bicyclic) bond motifs is 1. The highest BCUT2D eigenvalue weighted by atomic mass is 16.7. The van der Waals surface area contributed by atoms with Crippen molar-refractivity contribution in [3.8, 4) is 11.3 Å². The van der Waals surface area contributed by atoms with Crippen molar-refractivity contribution < 1.29 is 52.5 Å². The van der Waals surface area contributed by atoms with Gasteiger partial charge in [0.2, 0.25) is 0 Å². The van der Waals surface area contributed by atoms with Crippen molar-refractivity contribution in [3.63, 3.8) is 0 Å². The number of unbranched alkanes of at least 4 members (excludes halogenated alkanes) is 1. The Bertz CT molecular complexity index is 1750. The number of rotatable bonds is 12. The molecule has 13 atom stereocenters. The minimum Gasteiger partial charge on any atom is -0.457 e. The summed E-state index contributed by atoms with van der Waals surface area (Å²) in [6.07, 6.45) is -1.95. The van der Waals surface area contributed by atoms with Crippen LogP contribution in [0.25, 0.3) is 11.3 Å². The van der Waals surface area contributed by atoms with E-state index in [2.05, 4.69) is 5.16 Å². The fourth-order valence-corrected chi connectivity index (χ4v) is 9.75. The first-order valence-electron chi connectivity index (χ1n) is 21.4. The second-order valence-electron chi connectivity index (χ2n) is 17.5. The quantitative estimate of drug-likeness (QED) is 0.145. The van der Waals surface area contributed by atoms with Crippen LogP contribution >= 0.6 is 0 Å². The van der Waals surface area contributed by atoms with Crippen molar-refractivity contribution in [1.29, 1.82) is 0 Å². The van der Waals surface area contributed by atoms with Gasteiger partial charge in [-0.25, -0.2) is 4.79 Å². The average Bonchev–Trinajstić information content (AvgIpc) is 3.82. The van der Waals surface area contributed by atoms with Gasteiger partial charge in [-0.05, 0) is 73.4 Å². The van der Waals surface area contributed by atoms with Crippen molar-refractivity contribution in [2.45, 2.75) is 154 Å². The number of benzene rings is 1. The summed E-state index contributed by atoms with van der Waals surface area (Å²) in [7, 11) is 5.25. The van der Waals surface area contributed by atoms with Gasteiger partial charge in [-0.15, -0.1) is 0 Å². The molecule has 59 heavy (non-hydrogen) atoms. The fourth-order valence-electron chi connectivity index (χ4n) is 9.75. The third-order valence-electron chi connectivity index (χ3n) is 13.2. The van der Waals surface area contributed by atoms with E-state index in [4.69, 9.17) is 28.2 Å². The van der Waals surface area contributed by atoms with Crippen LogP contribution in [0.2, 0.25) is 0 Å². The molecule has 1 N–H and O–H groups in total. The molecular formula is C45H67N3O11. The van der Waals surface area contributed by atoms with Gasteiger partial charge in [0.15, 0.2) is 17.7 Å². The first-order valence-corrected chi connectivity index (χ1v) is 21.4. The Hall–Kier alpha value is -3.69. The molecule has 3 fully saturated rings. The standard InChI is InChI=1S/C45H67N3O11/c1-12-35-45(13-2)39(48(43(53)58-45)22-18-17-21-32-24-33(46-59-32)31-19-15-14-16-20-31)28(5)36(49)26(3)25-44(8,54-11)40(29(6)37(50)30(7)41(52)56-35)57-42-38(51)34(47(9)10)23-27(4)55-42/h14-16,19-20,24,26-30,34-35,38-40,42,51H,12-13,17-18,21-23,25H2,1-11H3/t26-,27-,28+,29+,30-,34+,35-,38-,39-,40-,42?,44+,45-/m1/s1. The summed E-state index contributed by atoms with van der Waals surface area (Å²) in [5, 5.41) is 15.7. The summed E-state index contributed by atoms with van der Waals surface area (Å²) >= 11 is 0. The van der Waals surface area contributed by atoms with Gasteiger partial charge in [0, 0.05) is 55.5 Å². The number of aliphatic hydroxyl groups excluding tert-OH is 1. The minimum absolute atomic E-state index is 0.128. The van der Waals surface area contributed by atoms with Crippen molar-refractivity contribution in [1.82, 2.24) is 15.0 Å². The van der Waals surface area contributed by atoms with Crippen molar-refractivity contribution in [3.05, 3.63) is 42.2 Å². The monoisotopic (exact) mass is 825 g/mol. The molecule has 14 nitrogen and oxygen atoms in total. The summed E-state index contributed by atoms with van der Waals surface area (Å²) in [4.78, 5) is 60.8. The molecule has 0 spiro atoms. The van der Waals surface area contributed by atoms with Gasteiger partial charge >= 0.3 is 12.1 Å². The molecule has 1 aromatic heterocycles. The summed E-state index contributed by atoms with van der Waals surface area (Å²) in [6, 6.07) is 10.6. The van der Waals surface area contributed by atoms with E-state index in [1.54, 1.807) is 18.7 Å². The minimum atomic E-state index is -1.37. The van der Waals surface area contributed by atoms with Crippen LogP contribution in [-0.2, 0) is 44.5 Å². The number of carbonyl (C=O) groups is 4. The average molecular weight is 826 g/mol. The number of hydrogen-bond acceptors (Lipinski definition) is 13. The van der Waals surface area contributed by atoms with Crippen LogP contribution in [0.1, 0.15) is 99.7 Å². The van der Waals surface area contributed by atoms with E-state index >= 15 is 0 Å².